The number of amides is 6. The maximum absolute atomic E-state index is 12.5. The fourth-order valence-corrected chi connectivity index (χ4v) is 4.13. The Morgan fingerprint density at radius 3 is 1.84 bits per heavy atom. The van der Waals surface area contributed by atoms with Crippen molar-refractivity contribution < 1.29 is 63.0 Å². The minimum Gasteiger partial charge on any atom is -0.461 e. The van der Waals surface area contributed by atoms with Crippen LogP contribution in [0.4, 0.5) is 5.69 Å². The second-order valence-electron chi connectivity index (χ2n) is 11.2. The Labute approximate surface area is 303 Å². The maximum atomic E-state index is 12.5. The van der Waals surface area contributed by atoms with Crippen LogP contribution in [0.2, 0.25) is 0 Å². The van der Waals surface area contributed by atoms with Crippen molar-refractivity contribution in [2.45, 2.75) is 58.7 Å². The lowest BCUT2D eigenvalue weighted by Gasteiger charge is -2.18. The fraction of sp³-hybridized carbons (Fsp3) is 0.559. The number of carbonyl (C=O) groups is 7. The van der Waals surface area contributed by atoms with Gasteiger partial charge in [-0.25, -0.2) is 0 Å². The maximum Gasteiger partial charge on any atom is 0.305 e. The monoisotopic (exact) mass is 727 g/mol. The molecule has 0 saturated heterocycles. The summed E-state index contributed by atoms with van der Waals surface area (Å²) in [4.78, 5) is 84.2. The minimum absolute atomic E-state index is 0. The predicted octanol–water partition coefficient (Wildman–Crippen LogP) is 0.960. The summed E-state index contributed by atoms with van der Waals surface area (Å²) in [5.74, 6) is -2.77. The Bertz CT molecular complexity index is 1340. The van der Waals surface area contributed by atoms with E-state index in [4.69, 9.17) is 23.7 Å². The Kier molecular flexibility index (Phi) is 20.3. The van der Waals surface area contributed by atoms with Crippen LogP contribution in [0.3, 0.4) is 0 Å². The van der Waals surface area contributed by atoms with Crippen LogP contribution in [0.15, 0.2) is 36.4 Å². The number of ether oxygens (including phenoxy) is 5. The summed E-state index contributed by atoms with van der Waals surface area (Å²) in [6.07, 6.45) is 2.69. The summed E-state index contributed by atoms with van der Waals surface area (Å²) in [5.41, 5.74) is 1.28. The molecule has 1 aromatic carbocycles. The van der Waals surface area contributed by atoms with Gasteiger partial charge in [-0.1, -0.05) is 19.1 Å². The summed E-state index contributed by atoms with van der Waals surface area (Å²) < 4.78 is 26.7. The molecule has 0 aromatic heterocycles. The van der Waals surface area contributed by atoms with Crippen molar-refractivity contribution in [3.63, 3.8) is 0 Å². The van der Waals surface area contributed by atoms with Crippen molar-refractivity contribution in [2.75, 3.05) is 71.3 Å². The van der Waals surface area contributed by atoms with Gasteiger partial charge in [0.05, 0.1) is 52.9 Å². The number of hydrogen-bond donors (Lipinski definition) is 4. The molecular formula is C34H57N5O12. The quantitative estimate of drug-likeness (QED) is 0.0596. The van der Waals surface area contributed by atoms with E-state index in [9.17, 15) is 33.6 Å². The smallest absolute Gasteiger partial charge is 0.305 e. The zero-order chi connectivity index (χ0) is 37.4. The fourth-order valence-electron chi connectivity index (χ4n) is 4.13. The molecule has 2 rings (SSSR count). The van der Waals surface area contributed by atoms with Crippen molar-refractivity contribution in [3.8, 4) is 0 Å². The van der Waals surface area contributed by atoms with E-state index in [2.05, 4.69) is 21.3 Å². The topological polar surface area (TPSA) is 217 Å². The van der Waals surface area contributed by atoms with Gasteiger partial charge >= 0.3 is 5.97 Å². The van der Waals surface area contributed by atoms with Crippen LogP contribution < -0.4 is 21.3 Å². The van der Waals surface area contributed by atoms with Crippen molar-refractivity contribution in [1.29, 1.82) is 0 Å². The molecule has 1 aromatic rings. The van der Waals surface area contributed by atoms with Gasteiger partial charge in [0, 0.05) is 55.9 Å². The van der Waals surface area contributed by atoms with Crippen molar-refractivity contribution in [1.82, 2.24) is 20.9 Å². The standard InChI is InChI=1S/C34H49N5O12.4H2/c1-4-32(44)51-23-26-5-7-27(8-6-26)38-34(46)25(3)37-33(45)24(2)36-29(41)12-15-47-17-19-49-21-22-50-20-18-48-16-13-35-28(40)11-14-39-30(42)9-10-31(39)43;;;;/h5-10,24-25H,4,11-23H2,1-3H3,(H,35,40)(H,36,41)(H,37,45)(H,38,46);4*1H. The Morgan fingerprint density at radius 1 is 0.706 bits per heavy atom. The molecule has 0 radical (unpaired) electrons. The van der Waals surface area contributed by atoms with E-state index in [0.29, 0.717) is 38.7 Å². The van der Waals surface area contributed by atoms with Crippen LogP contribution in [0.5, 0.6) is 0 Å². The lowest BCUT2D eigenvalue weighted by atomic mass is 10.2. The number of nitrogens with zero attached hydrogens (tertiary/aromatic N) is 1. The van der Waals surface area contributed by atoms with Crippen LogP contribution in [0, 0.1) is 0 Å². The van der Waals surface area contributed by atoms with Gasteiger partial charge in [-0.2, -0.15) is 0 Å². The lowest BCUT2D eigenvalue weighted by molar-refractivity contribution is -0.144. The third-order valence-corrected chi connectivity index (χ3v) is 7.05. The largest absolute Gasteiger partial charge is 0.461 e. The van der Waals surface area contributed by atoms with E-state index >= 15 is 0 Å². The molecule has 2 atom stereocenters. The summed E-state index contributed by atoms with van der Waals surface area (Å²) >= 11 is 0. The molecule has 2 unspecified atom stereocenters. The highest BCUT2D eigenvalue weighted by molar-refractivity contribution is 6.13. The molecule has 4 N–H and O–H groups in total. The van der Waals surface area contributed by atoms with Gasteiger partial charge in [0.15, 0.2) is 0 Å². The van der Waals surface area contributed by atoms with Gasteiger partial charge in [0.2, 0.25) is 23.6 Å². The van der Waals surface area contributed by atoms with Crippen LogP contribution in [-0.2, 0) is 63.9 Å². The van der Waals surface area contributed by atoms with E-state index in [0.717, 1.165) is 10.5 Å². The first kappa shape index (κ1) is 42.5. The van der Waals surface area contributed by atoms with Crippen molar-refractivity contribution in [2.24, 2.45) is 0 Å². The van der Waals surface area contributed by atoms with Crippen molar-refractivity contribution in [3.05, 3.63) is 42.0 Å². The average Bonchev–Trinajstić information content (AvgIpc) is 3.44. The number of anilines is 1. The molecule has 0 spiro atoms. The summed E-state index contributed by atoms with van der Waals surface area (Å²) in [7, 11) is 0. The SMILES string of the molecule is CCC(=O)OCc1ccc(NC(=O)C(C)NC(=O)C(C)NC(=O)CCOCCOCCOCCOCCNC(=O)CCN2C(=O)C=CC2=O)cc1.[HH].[HH].[HH].[HH]. The molecule has 0 bridgehead atoms. The Morgan fingerprint density at radius 2 is 1.25 bits per heavy atom. The average molecular weight is 728 g/mol. The first-order valence-electron chi connectivity index (χ1n) is 16.8. The van der Waals surface area contributed by atoms with Crippen LogP contribution in [0.25, 0.3) is 0 Å². The lowest BCUT2D eigenvalue weighted by Crippen LogP contribution is -2.50. The Hall–Kier alpha value is -4.71. The van der Waals surface area contributed by atoms with E-state index in [1.807, 2.05) is 0 Å². The third-order valence-electron chi connectivity index (χ3n) is 7.05. The number of rotatable bonds is 26. The van der Waals surface area contributed by atoms with Gasteiger partial charge < -0.3 is 45.0 Å². The molecule has 0 aliphatic carbocycles. The second-order valence-corrected chi connectivity index (χ2v) is 11.2. The summed E-state index contributed by atoms with van der Waals surface area (Å²) in [6, 6.07) is 5.03. The number of hydrogen-bond acceptors (Lipinski definition) is 12. The molecule has 0 saturated carbocycles. The molecule has 1 heterocycles. The van der Waals surface area contributed by atoms with Crippen LogP contribution in [-0.4, -0.2) is 124 Å². The van der Waals surface area contributed by atoms with E-state index in [1.165, 1.54) is 26.0 Å². The van der Waals surface area contributed by atoms with E-state index in [1.54, 1.807) is 31.2 Å². The zero-order valence-electron chi connectivity index (χ0n) is 29.4. The second kappa shape index (κ2) is 24.4. The van der Waals surface area contributed by atoms with Gasteiger partial charge in [-0.05, 0) is 31.5 Å². The molecule has 17 heteroatoms. The molecule has 17 nitrogen and oxygen atoms in total. The molecule has 6 amide bonds. The number of nitrogens with one attached hydrogen (secondary N) is 4. The van der Waals surface area contributed by atoms with Gasteiger partial charge in [-0.3, -0.25) is 38.5 Å². The van der Waals surface area contributed by atoms with Gasteiger partial charge in [-0.15, -0.1) is 0 Å². The summed E-state index contributed by atoms with van der Waals surface area (Å²) in [6.45, 7) is 7.54. The first-order chi connectivity index (χ1) is 24.5. The highest BCUT2D eigenvalue weighted by Crippen LogP contribution is 2.11. The summed E-state index contributed by atoms with van der Waals surface area (Å²) in [5, 5.41) is 10.5. The number of imide groups is 1. The van der Waals surface area contributed by atoms with E-state index < -0.39 is 35.7 Å². The van der Waals surface area contributed by atoms with Crippen molar-refractivity contribution >= 4 is 47.1 Å². The van der Waals surface area contributed by atoms with Crippen LogP contribution >= 0.6 is 0 Å². The predicted molar refractivity (Wildman–Crippen MR) is 190 cm³/mol. The molecule has 1 aliphatic heterocycles. The highest BCUT2D eigenvalue weighted by Gasteiger charge is 2.24. The number of benzene rings is 1. The number of carbonyl (C=O) groups excluding carboxylic acids is 7. The van der Waals surface area contributed by atoms with Gasteiger partial charge in [0.25, 0.3) is 11.8 Å². The van der Waals surface area contributed by atoms with E-state index in [-0.39, 0.29) is 82.3 Å². The molecule has 290 valence electrons. The zero-order valence-corrected chi connectivity index (χ0v) is 29.4. The molecule has 1 aliphatic rings. The minimum atomic E-state index is -0.872. The van der Waals surface area contributed by atoms with Crippen LogP contribution in [0.1, 0.15) is 51.3 Å². The van der Waals surface area contributed by atoms with Gasteiger partial charge in [0.1, 0.15) is 18.7 Å². The highest BCUT2D eigenvalue weighted by atomic mass is 16.6. The number of esters is 1. The third kappa shape index (κ3) is 18.2. The normalized spacial score (nSPS) is 13.4. The Balaban J connectivity index is -0.00000676. The molecule has 51 heavy (non-hydrogen) atoms. The molecule has 0 fully saturated rings. The first-order valence-corrected chi connectivity index (χ1v) is 16.8. The molecular weight excluding hydrogens is 670 g/mol.